The predicted octanol–water partition coefficient (Wildman–Crippen LogP) is 4.08. The number of benzene rings is 1. The molecule has 7 heteroatoms. The molecular formula is C21H26ClNO5. The molecule has 0 aliphatic rings. The zero-order valence-corrected chi connectivity index (χ0v) is 17.6. The van der Waals surface area contributed by atoms with Crippen LogP contribution in [0, 0.1) is 20.8 Å². The van der Waals surface area contributed by atoms with Crippen molar-refractivity contribution in [2.24, 2.45) is 0 Å². The Hall–Kier alpha value is -2.31. The first-order chi connectivity index (χ1) is 13.2. The predicted molar refractivity (Wildman–Crippen MR) is 107 cm³/mol. The summed E-state index contributed by atoms with van der Waals surface area (Å²) >= 11 is 5.89. The van der Waals surface area contributed by atoms with Crippen LogP contribution in [0.15, 0.2) is 24.3 Å². The molecule has 2 rings (SSSR count). The summed E-state index contributed by atoms with van der Waals surface area (Å²) in [6, 6.07) is 7.02. The summed E-state index contributed by atoms with van der Waals surface area (Å²) in [4.78, 5) is 24.4. The molecule has 1 heterocycles. The number of carbonyl (C=O) groups is 2. The molecule has 0 aliphatic heterocycles. The highest BCUT2D eigenvalue weighted by Crippen LogP contribution is 2.22. The van der Waals surface area contributed by atoms with Gasteiger partial charge in [-0.2, -0.15) is 0 Å². The molecule has 0 radical (unpaired) electrons. The average Bonchev–Trinajstić information content (AvgIpc) is 2.93. The van der Waals surface area contributed by atoms with E-state index in [1.807, 2.05) is 38.3 Å². The fraction of sp³-hybridized carbons (Fsp3) is 0.429. The normalized spacial score (nSPS) is 11.9. The molecule has 0 aliphatic carbocycles. The molecule has 6 nitrogen and oxygen atoms in total. The van der Waals surface area contributed by atoms with Crippen molar-refractivity contribution in [3.8, 4) is 5.75 Å². The molecule has 1 aromatic heterocycles. The maximum Gasteiger partial charge on any atom is 0.344 e. The third-order valence-corrected chi connectivity index (χ3v) is 4.72. The van der Waals surface area contributed by atoms with Gasteiger partial charge in [0, 0.05) is 29.1 Å². The van der Waals surface area contributed by atoms with Crippen LogP contribution in [-0.4, -0.2) is 43.3 Å². The lowest BCUT2D eigenvalue weighted by atomic mass is 10.1. The van der Waals surface area contributed by atoms with Gasteiger partial charge in [-0.15, -0.1) is 0 Å². The van der Waals surface area contributed by atoms with Crippen molar-refractivity contribution >= 4 is 23.4 Å². The molecule has 1 aromatic carbocycles. The third kappa shape index (κ3) is 5.36. The first-order valence-corrected chi connectivity index (χ1v) is 9.37. The number of hydrogen-bond donors (Lipinski definition) is 0. The molecule has 28 heavy (non-hydrogen) atoms. The van der Waals surface area contributed by atoms with Gasteiger partial charge in [-0.25, -0.2) is 4.79 Å². The quantitative estimate of drug-likeness (QED) is 0.463. The molecule has 0 bridgehead atoms. The van der Waals surface area contributed by atoms with Crippen molar-refractivity contribution in [3.05, 3.63) is 51.8 Å². The standard InChI is InChI=1S/C21H26ClNO5/c1-13-8-17(22)6-7-20(13)27-12-21(25)28-11-19(24)18-9-14(2)23(16(18)4)15(3)10-26-5/h6-9,15H,10-12H2,1-5H3/t15-/m0/s1. The minimum absolute atomic E-state index is 0.102. The van der Waals surface area contributed by atoms with E-state index >= 15 is 0 Å². The number of nitrogens with zero attached hydrogens (tertiary/aromatic N) is 1. The van der Waals surface area contributed by atoms with Crippen molar-refractivity contribution in [1.82, 2.24) is 4.57 Å². The average molecular weight is 408 g/mol. The summed E-state index contributed by atoms with van der Waals surface area (Å²) in [6.45, 7) is 7.60. The SMILES string of the molecule is COC[C@H](C)n1c(C)cc(C(=O)COC(=O)COc2ccc(Cl)cc2C)c1C. The van der Waals surface area contributed by atoms with E-state index in [1.54, 1.807) is 25.3 Å². The van der Waals surface area contributed by atoms with Crippen LogP contribution < -0.4 is 4.74 Å². The Morgan fingerprint density at radius 2 is 1.86 bits per heavy atom. The van der Waals surface area contributed by atoms with Crippen LogP contribution in [0.1, 0.15) is 40.3 Å². The van der Waals surface area contributed by atoms with Crippen molar-refractivity contribution in [1.29, 1.82) is 0 Å². The molecule has 2 aromatic rings. The molecule has 0 saturated carbocycles. The summed E-state index contributed by atoms with van der Waals surface area (Å²) in [5, 5.41) is 0.593. The highest BCUT2D eigenvalue weighted by molar-refractivity contribution is 6.30. The largest absolute Gasteiger partial charge is 0.482 e. The lowest BCUT2D eigenvalue weighted by Gasteiger charge is -2.17. The highest BCUT2D eigenvalue weighted by atomic mass is 35.5. The van der Waals surface area contributed by atoms with Gasteiger partial charge in [-0.3, -0.25) is 4.79 Å². The summed E-state index contributed by atoms with van der Waals surface area (Å²) in [7, 11) is 1.64. The Kier molecular flexibility index (Phi) is 7.66. The lowest BCUT2D eigenvalue weighted by molar-refractivity contribution is -0.144. The van der Waals surface area contributed by atoms with Crippen molar-refractivity contribution in [2.75, 3.05) is 26.9 Å². The monoisotopic (exact) mass is 407 g/mol. The summed E-state index contributed by atoms with van der Waals surface area (Å²) in [6.07, 6.45) is 0. The Morgan fingerprint density at radius 3 is 2.50 bits per heavy atom. The van der Waals surface area contributed by atoms with E-state index in [2.05, 4.69) is 0 Å². The lowest BCUT2D eigenvalue weighted by Crippen LogP contribution is -2.20. The van der Waals surface area contributed by atoms with Gasteiger partial charge in [0.2, 0.25) is 5.78 Å². The number of rotatable bonds is 9. The number of ether oxygens (including phenoxy) is 3. The van der Waals surface area contributed by atoms with Gasteiger partial charge in [-0.1, -0.05) is 11.6 Å². The first-order valence-electron chi connectivity index (χ1n) is 8.99. The summed E-state index contributed by atoms with van der Waals surface area (Å²) < 4.78 is 17.8. The smallest absolute Gasteiger partial charge is 0.344 e. The first kappa shape index (κ1) is 22.0. The second-order valence-corrected chi connectivity index (χ2v) is 7.18. The summed E-state index contributed by atoms with van der Waals surface area (Å²) in [5.74, 6) is -0.312. The van der Waals surface area contributed by atoms with E-state index in [-0.39, 0.29) is 25.0 Å². The van der Waals surface area contributed by atoms with Crippen molar-refractivity contribution < 1.29 is 23.8 Å². The van der Waals surface area contributed by atoms with E-state index in [0.717, 1.165) is 17.0 Å². The zero-order chi connectivity index (χ0) is 20.8. The number of Topliss-reactive ketones (excluding diaryl/α,β-unsaturated/α-hetero) is 1. The van der Waals surface area contributed by atoms with Gasteiger partial charge in [0.05, 0.1) is 12.6 Å². The number of esters is 1. The van der Waals surface area contributed by atoms with Crippen LogP contribution in [0.3, 0.4) is 0 Å². The number of methoxy groups -OCH3 is 1. The molecule has 0 amide bonds. The highest BCUT2D eigenvalue weighted by Gasteiger charge is 2.20. The van der Waals surface area contributed by atoms with Crippen molar-refractivity contribution in [2.45, 2.75) is 33.7 Å². The number of ketones is 1. The molecule has 0 unspecified atom stereocenters. The topological polar surface area (TPSA) is 66.8 Å². The third-order valence-electron chi connectivity index (χ3n) is 4.48. The zero-order valence-electron chi connectivity index (χ0n) is 16.9. The van der Waals surface area contributed by atoms with Crippen LogP contribution in [0.2, 0.25) is 5.02 Å². The Morgan fingerprint density at radius 1 is 1.14 bits per heavy atom. The second-order valence-electron chi connectivity index (χ2n) is 6.74. The van der Waals surface area contributed by atoms with E-state index in [9.17, 15) is 9.59 Å². The number of hydrogen-bond acceptors (Lipinski definition) is 5. The Labute approximate surface area is 170 Å². The van der Waals surface area contributed by atoms with Gasteiger partial charge in [-0.05, 0) is 57.5 Å². The second kappa shape index (κ2) is 9.75. The van der Waals surface area contributed by atoms with Crippen LogP contribution in [-0.2, 0) is 14.3 Å². The fourth-order valence-corrected chi connectivity index (χ4v) is 3.46. The van der Waals surface area contributed by atoms with Crippen LogP contribution in [0.25, 0.3) is 0 Å². The van der Waals surface area contributed by atoms with Gasteiger partial charge >= 0.3 is 5.97 Å². The van der Waals surface area contributed by atoms with E-state index in [0.29, 0.717) is 22.9 Å². The van der Waals surface area contributed by atoms with E-state index < -0.39 is 5.97 Å². The van der Waals surface area contributed by atoms with Gasteiger partial charge in [0.1, 0.15) is 5.75 Å². The maximum absolute atomic E-state index is 12.5. The molecule has 0 N–H and O–H groups in total. The molecule has 0 saturated heterocycles. The van der Waals surface area contributed by atoms with E-state index in [4.69, 9.17) is 25.8 Å². The van der Waals surface area contributed by atoms with Crippen LogP contribution >= 0.6 is 11.6 Å². The minimum atomic E-state index is -0.607. The summed E-state index contributed by atoms with van der Waals surface area (Å²) in [5.41, 5.74) is 3.14. The van der Waals surface area contributed by atoms with Crippen LogP contribution in [0.5, 0.6) is 5.75 Å². The van der Waals surface area contributed by atoms with E-state index in [1.165, 1.54) is 0 Å². The molecular weight excluding hydrogens is 382 g/mol. The number of aromatic nitrogens is 1. The number of carbonyl (C=O) groups excluding carboxylic acids is 2. The van der Waals surface area contributed by atoms with Crippen molar-refractivity contribution in [3.63, 3.8) is 0 Å². The number of aryl methyl sites for hydroxylation is 2. The van der Waals surface area contributed by atoms with Gasteiger partial charge in [0.15, 0.2) is 13.2 Å². The molecule has 152 valence electrons. The number of halogens is 1. The molecule has 0 fully saturated rings. The minimum Gasteiger partial charge on any atom is -0.482 e. The molecule has 0 spiro atoms. The Bertz CT molecular complexity index is 859. The maximum atomic E-state index is 12.5. The van der Waals surface area contributed by atoms with Crippen LogP contribution in [0.4, 0.5) is 0 Å². The fourth-order valence-electron chi connectivity index (χ4n) is 3.23. The van der Waals surface area contributed by atoms with Gasteiger partial charge < -0.3 is 18.8 Å². The molecule has 1 atom stereocenters. The Balaban J connectivity index is 1.93. The van der Waals surface area contributed by atoms with Gasteiger partial charge in [0.25, 0.3) is 0 Å².